The summed E-state index contributed by atoms with van der Waals surface area (Å²) in [6, 6.07) is 27.3. The van der Waals surface area contributed by atoms with E-state index >= 15 is 0 Å². The maximum absolute atomic E-state index is 13.2. The summed E-state index contributed by atoms with van der Waals surface area (Å²) < 4.78 is 0. The van der Waals surface area contributed by atoms with Crippen molar-refractivity contribution < 1.29 is 14.7 Å². The van der Waals surface area contributed by atoms with Gasteiger partial charge >= 0.3 is 4.87 Å². The molecule has 0 aliphatic carbocycles. The van der Waals surface area contributed by atoms with E-state index in [0.29, 0.717) is 23.4 Å². The molecular weight excluding hydrogens is 510 g/mol. The van der Waals surface area contributed by atoms with Crippen LogP contribution in [0, 0.1) is 0 Å². The standard InChI is InChI=1S/C31H27N3O4S/c1-19(35)32-27-13-12-24-16-26(11-10-25(24)17-27)30(37)34(2)18-21-4-3-5-23(14-21)22-8-6-20(7-9-22)15-28-29(36)33-31(38)39-28/h3-14,16-17,36H,15,18H2,1-2H3,(H,32,35)(H,33,38). The molecule has 0 unspecified atom stereocenters. The zero-order valence-electron chi connectivity index (χ0n) is 21.5. The van der Waals surface area contributed by atoms with E-state index in [0.717, 1.165) is 50.1 Å². The normalized spacial score (nSPS) is 10.9. The quantitative estimate of drug-likeness (QED) is 0.245. The number of benzene rings is 4. The number of nitrogens with zero attached hydrogens (tertiary/aromatic N) is 1. The van der Waals surface area contributed by atoms with E-state index in [9.17, 15) is 19.5 Å². The Labute approximate surface area is 229 Å². The molecule has 3 N–H and O–H groups in total. The molecule has 5 aromatic rings. The van der Waals surface area contributed by atoms with E-state index in [1.807, 2.05) is 78.9 Å². The highest BCUT2D eigenvalue weighted by Gasteiger charge is 2.14. The van der Waals surface area contributed by atoms with Gasteiger partial charge in [0.05, 0.1) is 4.88 Å². The molecule has 2 amide bonds. The number of H-pyrrole nitrogens is 1. The fourth-order valence-electron chi connectivity index (χ4n) is 4.55. The molecule has 0 saturated heterocycles. The molecule has 0 aliphatic heterocycles. The number of aromatic amines is 1. The second-order valence-electron chi connectivity index (χ2n) is 9.48. The molecule has 8 heteroatoms. The van der Waals surface area contributed by atoms with Crippen molar-refractivity contribution >= 4 is 39.6 Å². The number of rotatable bonds is 7. The van der Waals surface area contributed by atoms with Crippen molar-refractivity contribution in [1.82, 2.24) is 9.88 Å². The molecular formula is C31H27N3O4S. The fraction of sp³-hybridized carbons (Fsp3) is 0.129. The van der Waals surface area contributed by atoms with Crippen molar-refractivity contribution in [2.24, 2.45) is 0 Å². The van der Waals surface area contributed by atoms with Crippen molar-refractivity contribution in [1.29, 1.82) is 0 Å². The Kier molecular flexibility index (Phi) is 7.29. The highest BCUT2D eigenvalue weighted by Crippen LogP contribution is 2.26. The van der Waals surface area contributed by atoms with Gasteiger partial charge < -0.3 is 15.3 Å². The van der Waals surface area contributed by atoms with Crippen molar-refractivity contribution in [2.45, 2.75) is 19.9 Å². The number of carbonyl (C=O) groups excluding carboxylic acids is 2. The van der Waals surface area contributed by atoms with Crippen molar-refractivity contribution in [3.05, 3.63) is 116 Å². The van der Waals surface area contributed by atoms with Gasteiger partial charge in [0.15, 0.2) is 0 Å². The summed E-state index contributed by atoms with van der Waals surface area (Å²) in [5, 5.41) is 14.5. The summed E-state index contributed by atoms with van der Waals surface area (Å²) >= 11 is 1.01. The summed E-state index contributed by atoms with van der Waals surface area (Å²) in [7, 11) is 1.79. The lowest BCUT2D eigenvalue weighted by Gasteiger charge is -2.18. The summed E-state index contributed by atoms with van der Waals surface area (Å²) in [6.45, 7) is 1.93. The lowest BCUT2D eigenvalue weighted by Crippen LogP contribution is -2.26. The minimum atomic E-state index is -0.266. The molecule has 0 saturated carbocycles. The molecule has 0 atom stereocenters. The third-order valence-corrected chi connectivity index (χ3v) is 7.32. The van der Waals surface area contributed by atoms with Crippen LogP contribution in [0.3, 0.4) is 0 Å². The molecule has 0 spiro atoms. The van der Waals surface area contributed by atoms with Gasteiger partial charge in [0.25, 0.3) is 5.91 Å². The van der Waals surface area contributed by atoms with Gasteiger partial charge in [0.2, 0.25) is 11.8 Å². The summed E-state index contributed by atoms with van der Waals surface area (Å²) in [5.41, 5.74) is 5.40. The average Bonchev–Trinajstić information content (AvgIpc) is 3.24. The van der Waals surface area contributed by atoms with Crippen LogP contribution >= 0.6 is 11.3 Å². The van der Waals surface area contributed by atoms with Crippen LogP contribution in [-0.2, 0) is 17.8 Å². The van der Waals surface area contributed by atoms with E-state index < -0.39 is 0 Å². The first-order chi connectivity index (χ1) is 18.7. The van der Waals surface area contributed by atoms with E-state index in [4.69, 9.17) is 0 Å². The summed E-state index contributed by atoms with van der Waals surface area (Å²) in [5.74, 6) is -0.272. The smallest absolute Gasteiger partial charge is 0.307 e. The monoisotopic (exact) mass is 537 g/mol. The minimum absolute atomic E-state index is 0.0692. The highest BCUT2D eigenvalue weighted by molar-refractivity contribution is 7.09. The van der Waals surface area contributed by atoms with Crippen LogP contribution in [0.1, 0.15) is 33.3 Å². The van der Waals surface area contributed by atoms with E-state index in [1.54, 1.807) is 11.9 Å². The number of amides is 2. The van der Waals surface area contributed by atoms with Crippen LogP contribution in [0.15, 0.2) is 89.7 Å². The fourth-order valence-corrected chi connectivity index (χ4v) is 5.31. The Bertz CT molecular complexity index is 1740. The molecule has 1 heterocycles. The Morgan fingerprint density at radius 2 is 1.64 bits per heavy atom. The number of carbonyl (C=O) groups is 2. The lowest BCUT2D eigenvalue weighted by molar-refractivity contribution is -0.114. The molecule has 0 aliphatic rings. The van der Waals surface area contributed by atoms with Crippen LogP contribution in [0.4, 0.5) is 5.69 Å². The highest BCUT2D eigenvalue weighted by atomic mass is 32.1. The van der Waals surface area contributed by atoms with Gasteiger partial charge in [-0.15, -0.1) is 0 Å². The minimum Gasteiger partial charge on any atom is -0.494 e. The van der Waals surface area contributed by atoms with Gasteiger partial charge in [-0.3, -0.25) is 19.4 Å². The number of anilines is 1. The third kappa shape index (κ3) is 6.08. The Hall–Kier alpha value is -4.69. The SMILES string of the molecule is CC(=O)Nc1ccc2cc(C(=O)N(C)Cc3cccc(-c4ccc(Cc5sc(=O)[nH]c5O)cc4)c3)ccc2c1. The first-order valence-corrected chi connectivity index (χ1v) is 13.2. The zero-order chi connectivity index (χ0) is 27.5. The van der Waals surface area contributed by atoms with Crippen LogP contribution in [0.25, 0.3) is 21.9 Å². The van der Waals surface area contributed by atoms with Crippen molar-refractivity contribution in [3.63, 3.8) is 0 Å². The summed E-state index contributed by atoms with van der Waals surface area (Å²) in [4.78, 5) is 40.4. The number of fused-ring (bicyclic) bond motifs is 1. The Balaban J connectivity index is 1.27. The van der Waals surface area contributed by atoms with Crippen molar-refractivity contribution in [2.75, 3.05) is 12.4 Å². The Morgan fingerprint density at radius 3 is 2.36 bits per heavy atom. The van der Waals surface area contributed by atoms with E-state index in [2.05, 4.69) is 16.4 Å². The molecule has 1 aromatic heterocycles. The number of aromatic hydroxyl groups is 1. The number of hydrogen-bond donors (Lipinski definition) is 3. The molecule has 196 valence electrons. The largest absolute Gasteiger partial charge is 0.494 e. The van der Waals surface area contributed by atoms with Gasteiger partial charge in [0, 0.05) is 38.2 Å². The topological polar surface area (TPSA) is 103 Å². The number of aromatic nitrogens is 1. The lowest BCUT2D eigenvalue weighted by atomic mass is 10.0. The first-order valence-electron chi connectivity index (χ1n) is 12.4. The predicted octanol–water partition coefficient (Wildman–Crippen LogP) is 5.78. The maximum atomic E-state index is 13.2. The summed E-state index contributed by atoms with van der Waals surface area (Å²) in [6.07, 6.45) is 0.480. The average molecular weight is 538 g/mol. The predicted molar refractivity (Wildman–Crippen MR) is 155 cm³/mol. The molecule has 0 radical (unpaired) electrons. The van der Waals surface area contributed by atoms with E-state index in [-0.39, 0.29) is 22.6 Å². The first kappa shape index (κ1) is 25.9. The van der Waals surface area contributed by atoms with Crippen LogP contribution in [0.2, 0.25) is 0 Å². The maximum Gasteiger partial charge on any atom is 0.307 e. The second-order valence-corrected chi connectivity index (χ2v) is 10.5. The van der Waals surface area contributed by atoms with Gasteiger partial charge in [0.1, 0.15) is 0 Å². The van der Waals surface area contributed by atoms with Gasteiger partial charge in [-0.05, 0) is 63.4 Å². The Morgan fingerprint density at radius 1 is 0.897 bits per heavy atom. The van der Waals surface area contributed by atoms with Crippen LogP contribution in [-0.4, -0.2) is 33.9 Å². The number of thiazole rings is 1. The zero-order valence-corrected chi connectivity index (χ0v) is 22.3. The van der Waals surface area contributed by atoms with Gasteiger partial charge in [-0.2, -0.15) is 0 Å². The van der Waals surface area contributed by atoms with Gasteiger partial charge in [-0.1, -0.05) is 65.9 Å². The molecule has 0 bridgehead atoms. The molecule has 0 fully saturated rings. The second kappa shape index (κ2) is 11.0. The van der Waals surface area contributed by atoms with Crippen LogP contribution < -0.4 is 10.2 Å². The molecule has 7 nitrogen and oxygen atoms in total. The number of hydrogen-bond acceptors (Lipinski definition) is 5. The van der Waals surface area contributed by atoms with Gasteiger partial charge in [-0.25, -0.2) is 0 Å². The third-order valence-electron chi connectivity index (χ3n) is 6.45. The molecule has 5 rings (SSSR count). The number of nitrogens with one attached hydrogen (secondary N) is 2. The van der Waals surface area contributed by atoms with Crippen LogP contribution in [0.5, 0.6) is 5.88 Å². The molecule has 4 aromatic carbocycles. The van der Waals surface area contributed by atoms with Crippen molar-refractivity contribution in [3.8, 4) is 17.0 Å². The molecule has 39 heavy (non-hydrogen) atoms. The van der Waals surface area contributed by atoms with E-state index in [1.165, 1.54) is 6.92 Å².